The molecule has 5 heterocycles. The van der Waals surface area contributed by atoms with E-state index in [1.54, 1.807) is 54.6 Å². The van der Waals surface area contributed by atoms with E-state index >= 15 is 0 Å². The Hall–Kier alpha value is -3.11. The molecule has 2 aliphatic heterocycles. The van der Waals surface area contributed by atoms with Gasteiger partial charge < -0.3 is 57.8 Å². The van der Waals surface area contributed by atoms with E-state index in [4.69, 9.17) is 54.1 Å². The van der Waals surface area contributed by atoms with Gasteiger partial charge in [0.1, 0.15) is 17.2 Å². The van der Waals surface area contributed by atoms with Gasteiger partial charge in [-0.2, -0.15) is 0 Å². The first-order valence-electron chi connectivity index (χ1n) is 19.5. The number of ether oxygens (including phenoxy) is 3. The molecule has 0 atom stereocenters. The van der Waals surface area contributed by atoms with Crippen molar-refractivity contribution in [3.05, 3.63) is 78.9 Å². The van der Waals surface area contributed by atoms with Gasteiger partial charge in [-0.25, -0.2) is 35.2 Å². The second-order valence-electron chi connectivity index (χ2n) is 14.5. The van der Waals surface area contributed by atoms with E-state index < -0.39 is 47.6 Å². The molecule has 0 unspecified atom stereocenters. The third-order valence-corrected chi connectivity index (χ3v) is 12.3. The smallest absolute Gasteiger partial charge is 0.748 e. The van der Waals surface area contributed by atoms with Crippen LogP contribution in [-0.2, 0) is 47.4 Å². The zero-order valence-corrected chi connectivity index (χ0v) is 45.8. The molecule has 0 amide bonds. The first-order chi connectivity index (χ1) is 30.6. The number of hydrogen-bond acceptors (Lipinski definition) is 18. The van der Waals surface area contributed by atoms with Gasteiger partial charge in [-0.05, 0) is 53.6 Å². The Labute approximate surface area is 465 Å². The molecule has 0 saturated heterocycles. The van der Waals surface area contributed by atoms with Gasteiger partial charge in [0.2, 0.25) is 0 Å². The summed E-state index contributed by atoms with van der Waals surface area (Å²) in [6.07, 6.45) is -0.260. The molecular formula is C41H31CuN8Na3O12S3. The Bertz CT molecular complexity index is 3500. The fraction of sp³-hybridized carbons (Fsp3) is 0.220. The van der Waals surface area contributed by atoms with Crippen molar-refractivity contribution in [3.8, 4) is 62.8 Å². The summed E-state index contributed by atoms with van der Waals surface area (Å²) >= 11 is 0. The summed E-state index contributed by atoms with van der Waals surface area (Å²) < 4.78 is 120. The van der Waals surface area contributed by atoms with Gasteiger partial charge in [0.25, 0.3) is 0 Å². The Morgan fingerprint density at radius 1 is 0.426 bits per heavy atom. The average molecular weight is 1060 g/mol. The minimum atomic E-state index is -4.51. The Kier molecular flexibility index (Phi) is 18.9. The summed E-state index contributed by atoms with van der Waals surface area (Å²) in [5.74, 6) is -0.580. The summed E-state index contributed by atoms with van der Waals surface area (Å²) in [6.45, 7) is -0.392. The Morgan fingerprint density at radius 2 is 0.779 bits per heavy atom. The summed E-state index contributed by atoms with van der Waals surface area (Å²) in [4.78, 5) is 39.1. The number of aromatic nitrogens is 8. The first-order valence-corrected chi connectivity index (χ1v) is 24.2. The van der Waals surface area contributed by atoms with Crippen molar-refractivity contribution in [2.24, 2.45) is 0 Å². The normalized spacial score (nSPS) is 11.9. The monoisotopic (exact) mass is 1060 g/mol. The molecule has 3 aromatic heterocycles. The van der Waals surface area contributed by atoms with Crippen LogP contribution in [0.15, 0.2) is 78.9 Å². The van der Waals surface area contributed by atoms with Gasteiger partial charge >= 0.3 is 106 Å². The summed E-state index contributed by atoms with van der Waals surface area (Å²) in [5, 5.41) is 2.00. The predicted octanol–water partition coefficient (Wildman–Crippen LogP) is -4.92. The number of nitrogens with zero attached hydrogens (tertiary/aromatic N) is 8. The number of rotatable bonds is 15. The van der Waals surface area contributed by atoms with Crippen LogP contribution in [0.2, 0.25) is 0 Å². The van der Waals surface area contributed by atoms with Crippen LogP contribution in [0.25, 0.3) is 89.7 Å². The molecule has 0 spiro atoms. The van der Waals surface area contributed by atoms with Crippen molar-refractivity contribution >= 4 is 74.5 Å². The third kappa shape index (κ3) is 12.7. The molecule has 68 heavy (non-hydrogen) atoms. The van der Waals surface area contributed by atoms with E-state index in [-0.39, 0.29) is 208 Å². The van der Waals surface area contributed by atoms with Crippen LogP contribution in [0, 0.1) is 0 Å². The fourth-order valence-electron chi connectivity index (χ4n) is 7.27. The van der Waals surface area contributed by atoms with Crippen LogP contribution in [0.1, 0.15) is 19.3 Å². The van der Waals surface area contributed by atoms with Crippen molar-refractivity contribution in [2.45, 2.75) is 19.3 Å². The molecule has 2 aliphatic rings. The molecule has 27 heteroatoms. The predicted molar refractivity (Wildman–Crippen MR) is 228 cm³/mol. The van der Waals surface area contributed by atoms with E-state index in [1.807, 2.05) is 24.3 Å². The molecule has 4 aromatic carbocycles. The van der Waals surface area contributed by atoms with Gasteiger partial charge in [0, 0.05) is 56.4 Å². The maximum Gasteiger partial charge on any atom is 2.00 e. The van der Waals surface area contributed by atoms with Gasteiger partial charge in [0.15, 0.2) is 0 Å². The molecule has 7 aromatic rings. The zero-order valence-electron chi connectivity index (χ0n) is 36.4. The molecule has 1 radical (unpaired) electrons. The van der Waals surface area contributed by atoms with E-state index in [0.29, 0.717) is 43.8 Å². The summed E-state index contributed by atoms with van der Waals surface area (Å²) in [7, 11) is -13.5. The van der Waals surface area contributed by atoms with Gasteiger partial charge in [-0.1, -0.05) is 60.7 Å². The number of fused-ring (bicyclic) bond motifs is 20. The second-order valence-corrected chi connectivity index (χ2v) is 19.0. The van der Waals surface area contributed by atoms with Crippen molar-refractivity contribution in [2.75, 3.05) is 37.1 Å². The van der Waals surface area contributed by atoms with Crippen LogP contribution >= 0.6 is 0 Å². The van der Waals surface area contributed by atoms with Crippen molar-refractivity contribution in [1.82, 2.24) is 39.9 Å². The second kappa shape index (κ2) is 23.0. The third-order valence-electron chi connectivity index (χ3n) is 9.96. The van der Waals surface area contributed by atoms with Crippen molar-refractivity contribution in [3.63, 3.8) is 0 Å². The van der Waals surface area contributed by atoms with Gasteiger partial charge in [-0.15, -0.1) is 0 Å². The van der Waals surface area contributed by atoms with E-state index in [0.717, 1.165) is 0 Å². The van der Waals surface area contributed by atoms with Crippen LogP contribution in [0.4, 0.5) is 0 Å². The first kappa shape index (κ1) is 55.8. The topological polar surface area (TPSA) is 305 Å². The number of hydrogen-bond donors (Lipinski definition) is 0. The van der Waals surface area contributed by atoms with E-state index in [2.05, 4.69) is 0 Å². The molecule has 20 nitrogen and oxygen atoms in total. The van der Waals surface area contributed by atoms with Crippen molar-refractivity contribution in [1.29, 1.82) is 0 Å². The van der Waals surface area contributed by atoms with E-state index in [1.165, 1.54) is 0 Å². The summed E-state index contributed by atoms with van der Waals surface area (Å²) in [6, 6.07) is 22.4. The maximum atomic E-state index is 11.4. The molecular weight excluding hydrogens is 1030 g/mol. The molecule has 0 aliphatic carbocycles. The van der Waals surface area contributed by atoms with Crippen LogP contribution in [0.5, 0.6) is 17.2 Å². The quantitative estimate of drug-likeness (QED) is 0.0528. The molecule has 8 bridgehead atoms. The zero-order chi connectivity index (χ0) is 44.8. The largest absolute Gasteiger partial charge is 2.00 e. The minimum absolute atomic E-state index is 0. The fourth-order valence-corrected chi connectivity index (χ4v) is 8.69. The standard InChI is InChI=1S/C41H34N8O12S3.Cu.3Na/c50-62(51,52)20-6-17-59-28-14-3-11-25-31(28)40-45-36(25)43-34-23-9-1-2-10-24(23)35(42-34)44-39-32-26(12-4-15-29(32)60-18-7-21-63(53,54)55)37(46-39)48-41-33-27(38(47-40)49-41)13-5-16-30(33)61-19-8-22-64(56,57)58;;;;/h1-5,9-16H,6-8,17-22H2,(H3-2,42,43,44,45,46,47,48,49,50,51,52,53,54,55,56,57,58);;;;/q-2;+2;3*+1/p-3. The van der Waals surface area contributed by atoms with Crippen LogP contribution in [0.3, 0.4) is 0 Å². The van der Waals surface area contributed by atoms with Crippen LogP contribution < -0.4 is 113 Å². The Balaban J connectivity index is 0.00000216. The SMILES string of the molecule is O=S(=O)([O-])CCCOc1cccc2c1-c1nc-2nc2[n-]c(nc3nc(nc4[n-]c(n1)c1ccccc41)-c1cccc(OCCCS(=O)(=O)[O-])c1-3)c1cccc(OCCCS(=O)(=O)[O-])c21.[Cu+2].[Na+].[Na+].[Na+]. The van der Waals surface area contributed by atoms with Gasteiger partial charge in [0.05, 0.1) is 84.6 Å². The molecule has 339 valence electrons. The van der Waals surface area contributed by atoms with Gasteiger partial charge in [-0.3, -0.25) is 0 Å². The maximum absolute atomic E-state index is 11.4. The summed E-state index contributed by atoms with van der Waals surface area (Å²) in [5.41, 5.74) is 2.39. The molecule has 0 N–H and O–H groups in total. The average Bonchev–Trinajstić information content (AvgIpc) is 3.98. The molecule has 0 fully saturated rings. The molecule has 0 saturated carbocycles. The minimum Gasteiger partial charge on any atom is -0.748 e. The molecule has 9 rings (SSSR count). The van der Waals surface area contributed by atoms with Crippen LogP contribution in [-0.4, -0.2) is 106 Å². The Morgan fingerprint density at radius 3 is 1.24 bits per heavy atom. The van der Waals surface area contributed by atoms with Crippen molar-refractivity contribution < 1.29 is 159 Å². The van der Waals surface area contributed by atoms with E-state index in [9.17, 15) is 38.9 Å². The number of benzene rings is 4.